The molecule has 3 aromatic rings. The highest BCUT2D eigenvalue weighted by molar-refractivity contribution is 7.89. The molecule has 0 amide bonds. The van der Waals surface area contributed by atoms with Crippen LogP contribution in [0.4, 0.5) is 0 Å². The molecule has 184 valence electrons. The van der Waals surface area contributed by atoms with Crippen LogP contribution in [-0.2, 0) is 10.0 Å². The van der Waals surface area contributed by atoms with Gasteiger partial charge in [0, 0.05) is 43.9 Å². The van der Waals surface area contributed by atoms with Crippen molar-refractivity contribution in [3.63, 3.8) is 0 Å². The monoisotopic (exact) mass is 494 g/mol. The molecule has 1 atom stereocenters. The van der Waals surface area contributed by atoms with E-state index in [2.05, 4.69) is 0 Å². The smallest absolute Gasteiger partial charge is 0.243 e. The standard InChI is InChI=1S/C27H30N2O5S/c1-21-7-13-26(14-8-21)35(32,33)29-17-15-28(16-18-29)19-24(30)20-34-25-11-9-23(10-12-25)27(31)22-5-3-2-4-6-22/h2-14,24,30H,15-20H2,1H3. The molecule has 1 saturated heterocycles. The quantitative estimate of drug-likeness (QED) is 0.460. The predicted molar refractivity (Wildman–Crippen MR) is 134 cm³/mol. The van der Waals surface area contributed by atoms with E-state index in [9.17, 15) is 18.3 Å². The summed E-state index contributed by atoms with van der Waals surface area (Å²) in [6.45, 7) is 4.25. The van der Waals surface area contributed by atoms with Crippen LogP contribution in [0.3, 0.4) is 0 Å². The number of carbonyl (C=O) groups excluding carboxylic acids is 1. The van der Waals surface area contributed by atoms with Gasteiger partial charge < -0.3 is 9.84 Å². The molecule has 0 radical (unpaired) electrons. The number of carbonyl (C=O) groups is 1. The van der Waals surface area contributed by atoms with E-state index in [1.807, 2.05) is 30.0 Å². The Morgan fingerprint density at radius 3 is 2.11 bits per heavy atom. The van der Waals surface area contributed by atoms with E-state index in [4.69, 9.17) is 4.74 Å². The number of sulfonamides is 1. The van der Waals surface area contributed by atoms with Crippen LogP contribution in [0.15, 0.2) is 83.8 Å². The molecule has 1 heterocycles. The van der Waals surface area contributed by atoms with Crippen molar-refractivity contribution in [3.05, 3.63) is 95.6 Å². The van der Waals surface area contributed by atoms with Crippen molar-refractivity contribution in [2.24, 2.45) is 0 Å². The SMILES string of the molecule is Cc1ccc(S(=O)(=O)N2CCN(CC(O)COc3ccc(C(=O)c4ccccc4)cc3)CC2)cc1. The molecule has 1 unspecified atom stereocenters. The Kier molecular flexibility index (Phi) is 7.97. The van der Waals surface area contributed by atoms with Crippen molar-refractivity contribution in [3.8, 4) is 5.75 Å². The van der Waals surface area contributed by atoms with Crippen LogP contribution in [0.2, 0.25) is 0 Å². The summed E-state index contributed by atoms with van der Waals surface area (Å²) < 4.78 is 32.9. The maximum Gasteiger partial charge on any atom is 0.243 e. The van der Waals surface area contributed by atoms with Crippen molar-refractivity contribution in [1.82, 2.24) is 9.21 Å². The molecule has 0 aromatic heterocycles. The molecule has 3 aromatic carbocycles. The number of rotatable bonds is 9. The fourth-order valence-corrected chi connectivity index (χ4v) is 5.44. The third-order valence-corrected chi connectivity index (χ3v) is 7.97. The lowest BCUT2D eigenvalue weighted by atomic mass is 10.0. The Balaban J connectivity index is 1.23. The lowest BCUT2D eigenvalue weighted by Crippen LogP contribution is -2.50. The van der Waals surface area contributed by atoms with Gasteiger partial charge in [0.05, 0.1) is 4.90 Å². The molecule has 8 heteroatoms. The van der Waals surface area contributed by atoms with Gasteiger partial charge in [0.2, 0.25) is 10.0 Å². The Morgan fingerprint density at radius 2 is 1.49 bits per heavy atom. The number of aryl methyl sites for hydroxylation is 1. The summed E-state index contributed by atoms with van der Waals surface area (Å²) in [5.74, 6) is 0.517. The maximum absolute atomic E-state index is 12.9. The third-order valence-electron chi connectivity index (χ3n) is 6.05. The average molecular weight is 495 g/mol. The number of β-amino-alcohol motifs (C(OH)–C–C–N with tert-alkyl or cyclic N) is 1. The van der Waals surface area contributed by atoms with Gasteiger partial charge in [-0.05, 0) is 43.3 Å². The molecule has 1 aliphatic rings. The molecular weight excluding hydrogens is 464 g/mol. The van der Waals surface area contributed by atoms with Crippen LogP contribution in [0.25, 0.3) is 0 Å². The highest BCUT2D eigenvalue weighted by Gasteiger charge is 2.29. The summed E-state index contributed by atoms with van der Waals surface area (Å²) >= 11 is 0. The first kappa shape index (κ1) is 25.1. The van der Waals surface area contributed by atoms with Crippen LogP contribution in [0, 0.1) is 6.92 Å². The fourth-order valence-electron chi connectivity index (χ4n) is 4.01. The van der Waals surface area contributed by atoms with Gasteiger partial charge in [0.1, 0.15) is 18.5 Å². The Morgan fingerprint density at radius 1 is 0.886 bits per heavy atom. The van der Waals surface area contributed by atoms with Gasteiger partial charge >= 0.3 is 0 Å². The molecule has 4 rings (SSSR count). The Labute approximate surface area is 206 Å². The molecule has 0 saturated carbocycles. The minimum Gasteiger partial charge on any atom is -0.491 e. The van der Waals surface area contributed by atoms with E-state index in [-0.39, 0.29) is 12.4 Å². The van der Waals surface area contributed by atoms with Crippen LogP contribution < -0.4 is 4.74 Å². The number of benzene rings is 3. The first-order valence-electron chi connectivity index (χ1n) is 11.6. The molecule has 1 N–H and O–H groups in total. The summed E-state index contributed by atoms with van der Waals surface area (Å²) in [6.07, 6.45) is -0.721. The molecule has 1 fully saturated rings. The van der Waals surface area contributed by atoms with Gasteiger partial charge in [-0.3, -0.25) is 9.69 Å². The molecular formula is C27H30N2O5S. The van der Waals surface area contributed by atoms with Crippen LogP contribution in [0.1, 0.15) is 21.5 Å². The van der Waals surface area contributed by atoms with Gasteiger partial charge in [-0.2, -0.15) is 4.31 Å². The van der Waals surface area contributed by atoms with Crippen molar-refractivity contribution in [2.45, 2.75) is 17.9 Å². The summed E-state index contributed by atoms with van der Waals surface area (Å²) in [5, 5.41) is 10.4. The van der Waals surface area contributed by atoms with Gasteiger partial charge in [0.15, 0.2) is 5.78 Å². The second kappa shape index (κ2) is 11.1. The number of aliphatic hydroxyl groups is 1. The van der Waals surface area contributed by atoms with Crippen LogP contribution in [-0.4, -0.2) is 73.9 Å². The number of piperazine rings is 1. The molecule has 0 aliphatic carbocycles. The third kappa shape index (κ3) is 6.35. The zero-order chi connectivity index (χ0) is 24.8. The summed E-state index contributed by atoms with van der Waals surface area (Å²) in [7, 11) is -3.51. The van der Waals surface area contributed by atoms with Crippen molar-refractivity contribution >= 4 is 15.8 Å². The average Bonchev–Trinajstić information content (AvgIpc) is 2.88. The van der Waals surface area contributed by atoms with Crippen LogP contribution in [0.5, 0.6) is 5.75 Å². The van der Waals surface area contributed by atoms with Crippen molar-refractivity contribution in [2.75, 3.05) is 39.3 Å². The van der Waals surface area contributed by atoms with E-state index in [1.54, 1.807) is 60.7 Å². The maximum atomic E-state index is 12.9. The topological polar surface area (TPSA) is 87.2 Å². The lowest BCUT2D eigenvalue weighted by molar-refractivity contribution is 0.0569. The largest absolute Gasteiger partial charge is 0.491 e. The van der Waals surface area contributed by atoms with Gasteiger partial charge in [-0.1, -0.05) is 48.0 Å². The zero-order valence-electron chi connectivity index (χ0n) is 19.7. The van der Waals surface area contributed by atoms with Crippen molar-refractivity contribution in [1.29, 1.82) is 0 Å². The minimum absolute atomic E-state index is 0.0549. The van der Waals surface area contributed by atoms with E-state index in [0.717, 1.165) is 5.56 Å². The number of hydrogen-bond acceptors (Lipinski definition) is 6. The van der Waals surface area contributed by atoms with Crippen molar-refractivity contribution < 1.29 is 23.1 Å². The highest BCUT2D eigenvalue weighted by atomic mass is 32.2. The molecule has 0 spiro atoms. The Bertz CT molecular complexity index is 1220. The summed E-state index contributed by atoms with van der Waals surface area (Å²) in [5.41, 5.74) is 2.22. The minimum atomic E-state index is -3.51. The number of ketones is 1. The first-order valence-corrected chi connectivity index (χ1v) is 13.1. The van der Waals surface area contributed by atoms with Gasteiger partial charge in [0.25, 0.3) is 0 Å². The number of hydrogen-bond donors (Lipinski definition) is 1. The Hall–Kier alpha value is -3.04. The summed E-state index contributed by atoms with van der Waals surface area (Å²) in [6, 6.07) is 22.8. The predicted octanol–water partition coefficient (Wildman–Crippen LogP) is 2.97. The normalized spacial score (nSPS) is 16.1. The highest BCUT2D eigenvalue weighted by Crippen LogP contribution is 2.19. The van der Waals surface area contributed by atoms with Crippen LogP contribution >= 0.6 is 0 Å². The molecule has 7 nitrogen and oxygen atoms in total. The lowest BCUT2D eigenvalue weighted by Gasteiger charge is -2.34. The van der Waals surface area contributed by atoms with Gasteiger partial charge in [-0.25, -0.2) is 8.42 Å². The van der Waals surface area contributed by atoms with E-state index < -0.39 is 16.1 Å². The number of aliphatic hydroxyl groups excluding tert-OH is 1. The molecule has 35 heavy (non-hydrogen) atoms. The number of nitrogens with zero attached hydrogens (tertiary/aromatic N) is 2. The number of ether oxygens (including phenoxy) is 1. The fraction of sp³-hybridized carbons (Fsp3) is 0.296. The van der Waals surface area contributed by atoms with Gasteiger partial charge in [-0.15, -0.1) is 0 Å². The van der Waals surface area contributed by atoms with E-state index in [0.29, 0.717) is 54.5 Å². The second-order valence-electron chi connectivity index (χ2n) is 8.70. The second-order valence-corrected chi connectivity index (χ2v) is 10.6. The summed E-state index contributed by atoms with van der Waals surface area (Å²) in [4.78, 5) is 14.8. The van der Waals surface area contributed by atoms with E-state index >= 15 is 0 Å². The molecule has 1 aliphatic heterocycles. The molecule has 0 bridgehead atoms. The van der Waals surface area contributed by atoms with E-state index in [1.165, 1.54) is 4.31 Å². The first-order chi connectivity index (χ1) is 16.8. The zero-order valence-corrected chi connectivity index (χ0v) is 20.5.